The van der Waals surface area contributed by atoms with E-state index in [1.165, 1.54) is 11.2 Å². The number of nitrogens with zero attached hydrogens (tertiary/aromatic N) is 2. The first-order chi connectivity index (χ1) is 9.24. The van der Waals surface area contributed by atoms with Crippen molar-refractivity contribution in [3.05, 3.63) is 29.9 Å². The van der Waals surface area contributed by atoms with Gasteiger partial charge in [0.25, 0.3) is 0 Å². The van der Waals surface area contributed by atoms with Crippen molar-refractivity contribution >= 4 is 33.3 Å². The molecule has 1 amide bonds. The summed E-state index contributed by atoms with van der Waals surface area (Å²) in [5.41, 5.74) is 0. The Labute approximate surface area is 115 Å². The molecule has 2 N–H and O–H groups in total. The van der Waals surface area contributed by atoms with Crippen LogP contribution in [0.25, 0.3) is 10.2 Å². The highest BCUT2D eigenvalue weighted by Gasteiger charge is 2.08. The zero-order valence-corrected chi connectivity index (χ0v) is 11.6. The largest absolute Gasteiger partial charge is 0.360 e. The molecule has 0 radical (unpaired) electrons. The molecular formula is C13H16N4OS. The number of rotatable bonds is 6. The van der Waals surface area contributed by atoms with Gasteiger partial charge in [-0.05, 0) is 12.5 Å². The third-order valence-electron chi connectivity index (χ3n) is 2.59. The second-order valence-electron chi connectivity index (χ2n) is 3.95. The maximum atomic E-state index is 11.5. The molecule has 2 aromatic heterocycles. The van der Waals surface area contributed by atoms with E-state index in [9.17, 15) is 4.79 Å². The molecular weight excluding hydrogens is 260 g/mol. The van der Waals surface area contributed by atoms with Crippen molar-refractivity contribution in [3.8, 4) is 0 Å². The average molecular weight is 276 g/mol. The van der Waals surface area contributed by atoms with Gasteiger partial charge in [-0.1, -0.05) is 13.0 Å². The van der Waals surface area contributed by atoms with Crippen molar-refractivity contribution in [2.45, 2.75) is 13.3 Å². The molecule has 0 aromatic carbocycles. The molecule has 0 bridgehead atoms. The summed E-state index contributed by atoms with van der Waals surface area (Å²) in [6.07, 6.45) is 4.13. The van der Waals surface area contributed by atoms with E-state index in [0.29, 0.717) is 12.4 Å². The minimum atomic E-state index is -0.0855. The van der Waals surface area contributed by atoms with Crippen molar-refractivity contribution in [2.75, 3.05) is 18.4 Å². The number of anilines is 1. The van der Waals surface area contributed by atoms with Gasteiger partial charge in [0.1, 0.15) is 17.0 Å². The summed E-state index contributed by atoms with van der Waals surface area (Å²) in [5.74, 6) is 0.618. The van der Waals surface area contributed by atoms with Gasteiger partial charge in [-0.25, -0.2) is 9.97 Å². The number of aromatic nitrogens is 2. The van der Waals surface area contributed by atoms with Crippen molar-refractivity contribution in [3.63, 3.8) is 0 Å². The van der Waals surface area contributed by atoms with Crippen LogP contribution < -0.4 is 10.6 Å². The number of thiophene rings is 1. The fourth-order valence-corrected chi connectivity index (χ4v) is 2.57. The number of amides is 1. The first-order valence-electron chi connectivity index (χ1n) is 6.09. The number of nitrogens with one attached hydrogen (secondary N) is 2. The monoisotopic (exact) mass is 276 g/mol. The van der Waals surface area contributed by atoms with E-state index in [0.717, 1.165) is 16.6 Å². The van der Waals surface area contributed by atoms with Crippen LogP contribution in [0.1, 0.15) is 11.8 Å². The lowest BCUT2D eigenvalue weighted by molar-refractivity contribution is -0.119. The Bertz CT molecular complexity index is 593. The molecule has 0 aliphatic carbocycles. The van der Waals surface area contributed by atoms with Crippen LogP contribution >= 0.6 is 11.3 Å². The zero-order chi connectivity index (χ0) is 13.7. The SMILES string of the molecule is C=CCNC(=O)CNc1ncnc2sc(CC)cc12. The van der Waals surface area contributed by atoms with Gasteiger partial charge in [0.15, 0.2) is 0 Å². The maximum Gasteiger partial charge on any atom is 0.239 e. The fourth-order valence-electron chi connectivity index (χ4n) is 1.63. The molecule has 2 rings (SSSR count). The lowest BCUT2D eigenvalue weighted by Crippen LogP contribution is -2.30. The summed E-state index contributed by atoms with van der Waals surface area (Å²) in [6, 6.07) is 2.07. The van der Waals surface area contributed by atoms with Crippen LogP contribution in [0, 0.1) is 0 Å². The second-order valence-corrected chi connectivity index (χ2v) is 5.07. The molecule has 0 unspecified atom stereocenters. The number of carbonyl (C=O) groups is 1. The highest BCUT2D eigenvalue weighted by Crippen LogP contribution is 2.28. The van der Waals surface area contributed by atoms with Crippen LogP contribution in [0.4, 0.5) is 5.82 Å². The van der Waals surface area contributed by atoms with Crippen molar-refractivity contribution in [1.82, 2.24) is 15.3 Å². The van der Waals surface area contributed by atoms with E-state index in [4.69, 9.17) is 0 Å². The Balaban J connectivity index is 2.09. The topological polar surface area (TPSA) is 66.9 Å². The Morgan fingerprint density at radius 2 is 2.37 bits per heavy atom. The number of hydrogen-bond donors (Lipinski definition) is 2. The van der Waals surface area contributed by atoms with Crippen LogP contribution in [0.15, 0.2) is 25.0 Å². The van der Waals surface area contributed by atoms with Crippen molar-refractivity contribution in [1.29, 1.82) is 0 Å². The summed E-state index contributed by atoms with van der Waals surface area (Å²) < 4.78 is 0. The molecule has 0 spiro atoms. The minimum Gasteiger partial charge on any atom is -0.360 e. The van der Waals surface area contributed by atoms with Crippen LogP contribution in [0.2, 0.25) is 0 Å². The minimum absolute atomic E-state index is 0.0855. The van der Waals surface area contributed by atoms with Gasteiger partial charge < -0.3 is 10.6 Å². The fraction of sp³-hybridized carbons (Fsp3) is 0.308. The van der Waals surface area contributed by atoms with Gasteiger partial charge in [0, 0.05) is 11.4 Å². The first kappa shape index (κ1) is 13.5. The van der Waals surface area contributed by atoms with Crippen molar-refractivity contribution < 1.29 is 4.79 Å². The predicted octanol–water partition coefficient (Wildman–Crippen LogP) is 1.97. The molecule has 2 heterocycles. The van der Waals surface area contributed by atoms with E-state index in [1.54, 1.807) is 17.4 Å². The molecule has 6 heteroatoms. The highest BCUT2D eigenvalue weighted by molar-refractivity contribution is 7.18. The van der Waals surface area contributed by atoms with Crippen molar-refractivity contribution in [2.24, 2.45) is 0 Å². The second kappa shape index (κ2) is 6.29. The average Bonchev–Trinajstić information content (AvgIpc) is 2.86. The standard InChI is InChI=1S/C13H16N4OS/c1-3-5-14-11(18)7-15-12-10-6-9(4-2)19-13(10)17-8-16-12/h3,6,8H,1,4-5,7H2,2H3,(H,14,18)(H,15,16,17). The highest BCUT2D eigenvalue weighted by atomic mass is 32.1. The molecule has 19 heavy (non-hydrogen) atoms. The summed E-state index contributed by atoms with van der Waals surface area (Å²) in [4.78, 5) is 22.1. The number of hydrogen-bond acceptors (Lipinski definition) is 5. The van der Waals surface area contributed by atoms with E-state index in [1.807, 2.05) is 0 Å². The molecule has 100 valence electrons. The normalized spacial score (nSPS) is 10.4. The van der Waals surface area contributed by atoms with E-state index >= 15 is 0 Å². The molecule has 2 aromatic rings. The lowest BCUT2D eigenvalue weighted by Gasteiger charge is -2.06. The first-order valence-corrected chi connectivity index (χ1v) is 6.91. The van der Waals surface area contributed by atoms with Crippen LogP contribution in [0.5, 0.6) is 0 Å². The van der Waals surface area contributed by atoms with Crippen LogP contribution in [-0.2, 0) is 11.2 Å². The number of carbonyl (C=O) groups excluding carboxylic acids is 1. The smallest absolute Gasteiger partial charge is 0.239 e. The van der Waals surface area contributed by atoms with Gasteiger partial charge in [-0.15, -0.1) is 17.9 Å². The van der Waals surface area contributed by atoms with Gasteiger partial charge >= 0.3 is 0 Å². The Morgan fingerprint density at radius 1 is 1.53 bits per heavy atom. The van der Waals surface area contributed by atoms with E-state index < -0.39 is 0 Å². The summed E-state index contributed by atoms with van der Waals surface area (Å²) in [7, 11) is 0. The number of aryl methyl sites for hydroxylation is 1. The molecule has 0 aliphatic heterocycles. The quantitative estimate of drug-likeness (QED) is 0.792. The zero-order valence-electron chi connectivity index (χ0n) is 10.8. The van der Waals surface area contributed by atoms with Gasteiger partial charge in [0.2, 0.25) is 5.91 Å². The van der Waals surface area contributed by atoms with E-state index in [2.05, 4.69) is 40.2 Å². The Morgan fingerprint density at radius 3 is 3.11 bits per heavy atom. The number of fused-ring (bicyclic) bond motifs is 1. The van der Waals surface area contributed by atoms with Gasteiger partial charge in [-0.3, -0.25) is 4.79 Å². The molecule has 0 fully saturated rings. The molecule has 0 atom stereocenters. The van der Waals surface area contributed by atoms with Crippen LogP contribution in [0.3, 0.4) is 0 Å². The van der Waals surface area contributed by atoms with Gasteiger partial charge in [0.05, 0.1) is 11.9 Å². The molecule has 0 aliphatic rings. The van der Waals surface area contributed by atoms with E-state index in [-0.39, 0.29) is 12.5 Å². The molecule has 5 nitrogen and oxygen atoms in total. The summed E-state index contributed by atoms with van der Waals surface area (Å²) >= 11 is 1.65. The third-order valence-corrected chi connectivity index (χ3v) is 3.78. The predicted molar refractivity (Wildman–Crippen MR) is 78.5 cm³/mol. The Hall–Kier alpha value is -1.95. The molecule has 0 saturated heterocycles. The Kier molecular flexibility index (Phi) is 4.46. The van der Waals surface area contributed by atoms with Gasteiger partial charge in [-0.2, -0.15) is 0 Å². The molecule has 0 saturated carbocycles. The summed E-state index contributed by atoms with van der Waals surface area (Å²) in [5, 5.41) is 6.72. The maximum absolute atomic E-state index is 11.5. The third kappa shape index (κ3) is 3.29. The lowest BCUT2D eigenvalue weighted by atomic mass is 10.3. The van der Waals surface area contributed by atoms with Crippen LogP contribution in [-0.4, -0.2) is 29.0 Å². The summed E-state index contributed by atoms with van der Waals surface area (Å²) in [6.45, 7) is 6.32.